The number of alkyl halides is 4. The largest absolute Gasteiger partial charge is 0.573 e. The number of nitrogen functional groups attached to an aromatic ring is 1. The van der Waals surface area contributed by atoms with Crippen LogP contribution in [0.15, 0.2) is 16.6 Å². The Bertz CT molecular complexity index is 368. The zero-order chi connectivity index (χ0) is 11.6. The first-order chi connectivity index (χ1) is 6.83. The number of halogens is 5. The van der Waals surface area contributed by atoms with Gasteiger partial charge in [0.2, 0.25) is 0 Å². The van der Waals surface area contributed by atoms with E-state index in [1.807, 2.05) is 0 Å². The summed E-state index contributed by atoms with van der Waals surface area (Å²) in [6.07, 6.45) is -4.71. The van der Waals surface area contributed by atoms with Crippen LogP contribution < -0.4 is 10.5 Å². The predicted molar refractivity (Wildman–Crippen MR) is 57.9 cm³/mol. The molecule has 0 unspecified atom stereocenters. The van der Waals surface area contributed by atoms with Gasteiger partial charge in [0, 0.05) is 16.6 Å². The van der Waals surface area contributed by atoms with Crippen LogP contribution in [-0.4, -0.2) is 6.36 Å². The van der Waals surface area contributed by atoms with Crippen molar-refractivity contribution in [3.05, 3.63) is 22.2 Å². The van der Waals surface area contributed by atoms with Gasteiger partial charge in [-0.3, -0.25) is 0 Å². The van der Waals surface area contributed by atoms with E-state index in [1.54, 1.807) is 0 Å². The molecule has 0 heterocycles. The second-order valence-electron chi connectivity index (χ2n) is 2.67. The number of hydrogen-bond acceptors (Lipinski definition) is 2. The van der Waals surface area contributed by atoms with E-state index in [0.717, 1.165) is 0 Å². The van der Waals surface area contributed by atoms with Crippen LogP contribution in [0.2, 0.25) is 0 Å². The van der Waals surface area contributed by atoms with Crippen molar-refractivity contribution < 1.29 is 17.9 Å². The monoisotopic (exact) mass is 347 g/mol. The lowest BCUT2D eigenvalue weighted by Crippen LogP contribution is -2.18. The Morgan fingerprint density at radius 3 is 2.40 bits per heavy atom. The zero-order valence-corrected chi connectivity index (χ0v) is 10.4. The number of rotatable bonds is 2. The topological polar surface area (TPSA) is 35.2 Å². The van der Waals surface area contributed by atoms with Crippen molar-refractivity contribution in [2.24, 2.45) is 0 Å². The molecular weight excluding hydrogens is 343 g/mol. The summed E-state index contributed by atoms with van der Waals surface area (Å²) in [7, 11) is 0. The molecule has 1 aromatic carbocycles. The van der Waals surface area contributed by atoms with Gasteiger partial charge in [-0.1, -0.05) is 15.9 Å². The molecule has 2 N–H and O–H groups in total. The minimum absolute atomic E-state index is 0.175. The van der Waals surface area contributed by atoms with Crippen LogP contribution in [-0.2, 0) is 5.33 Å². The third-order valence-corrected chi connectivity index (χ3v) is 2.70. The lowest BCUT2D eigenvalue weighted by atomic mass is 10.2. The van der Waals surface area contributed by atoms with Gasteiger partial charge in [-0.25, -0.2) is 0 Å². The zero-order valence-electron chi connectivity index (χ0n) is 7.24. The number of anilines is 1. The summed E-state index contributed by atoms with van der Waals surface area (Å²) in [6, 6.07) is 2.77. The summed E-state index contributed by atoms with van der Waals surface area (Å²) in [4.78, 5) is 0. The summed E-state index contributed by atoms with van der Waals surface area (Å²) in [5.74, 6) is -0.270. The number of ether oxygens (including phenoxy) is 1. The van der Waals surface area contributed by atoms with Gasteiger partial charge in [0.1, 0.15) is 5.75 Å². The molecule has 0 aromatic heterocycles. The summed E-state index contributed by atoms with van der Waals surface area (Å²) >= 11 is 6.03. The van der Waals surface area contributed by atoms with Crippen LogP contribution >= 0.6 is 31.9 Å². The lowest BCUT2D eigenvalue weighted by Gasteiger charge is -2.14. The number of nitrogens with two attached hydrogens (primary N) is 1. The number of benzene rings is 1. The first-order valence-corrected chi connectivity index (χ1v) is 5.64. The van der Waals surface area contributed by atoms with Crippen LogP contribution in [0.25, 0.3) is 0 Å². The Kier molecular flexibility index (Phi) is 3.88. The van der Waals surface area contributed by atoms with Gasteiger partial charge in [0.15, 0.2) is 0 Å². The van der Waals surface area contributed by atoms with E-state index in [4.69, 9.17) is 5.73 Å². The fourth-order valence-electron chi connectivity index (χ4n) is 1.00. The molecule has 0 aliphatic heterocycles. The van der Waals surface area contributed by atoms with Crippen molar-refractivity contribution in [2.45, 2.75) is 11.7 Å². The van der Waals surface area contributed by atoms with Crippen LogP contribution in [0.1, 0.15) is 5.56 Å². The molecule has 1 rings (SSSR count). The smallest absolute Gasteiger partial charge is 0.404 e. The average Bonchev–Trinajstić information content (AvgIpc) is 2.07. The molecule has 0 aliphatic carbocycles. The van der Waals surface area contributed by atoms with Gasteiger partial charge >= 0.3 is 6.36 Å². The van der Waals surface area contributed by atoms with Gasteiger partial charge < -0.3 is 10.5 Å². The van der Waals surface area contributed by atoms with Crippen LogP contribution in [0.5, 0.6) is 5.75 Å². The second-order valence-corrected chi connectivity index (χ2v) is 4.09. The summed E-state index contributed by atoms with van der Waals surface area (Å²) in [5.41, 5.74) is 6.18. The second kappa shape index (κ2) is 4.61. The average molecular weight is 349 g/mol. The van der Waals surface area contributed by atoms with Gasteiger partial charge in [0.05, 0.1) is 4.47 Å². The molecule has 84 valence electrons. The maximum Gasteiger partial charge on any atom is 0.573 e. The molecule has 7 heteroatoms. The molecule has 2 nitrogen and oxygen atoms in total. The number of hydrogen-bond donors (Lipinski definition) is 1. The Morgan fingerprint density at radius 2 is 1.93 bits per heavy atom. The predicted octanol–water partition coefficient (Wildman–Crippen LogP) is 3.82. The third-order valence-electron chi connectivity index (χ3n) is 1.50. The molecule has 0 fully saturated rings. The molecule has 0 atom stereocenters. The molecular formula is C8H6Br2F3NO. The van der Waals surface area contributed by atoms with E-state index in [2.05, 4.69) is 36.6 Å². The lowest BCUT2D eigenvalue weighted by molar-refractivity contribution is -0.275. The third kappa shape index (κ3) is 3.57. The summed E-state index contributed by atoms with van der Waals surface area (Å²) in [6.45, 7) is 0. The fraction of sp³-hybridized carbons (Fsp3) is 0.250. The molecule has 1 aromatic rings. The highest BCUT2D eigenvalue weighted by atomic mass is 79.9. The molecule has 15 heavy (non-hydrogen) atoms. The maximum absolute atomic E-state index is 12.0. The molecule has 0 saturated heterocycles. The Labute approximate surface area is 101 Å². The fourth-order valence-corrected chi connectivity index (χ4v) is 2.02. The van der Waals surface area contributed by atoms with Crippen molar-refractivity contribution in [1.82, 2.24) is 0 Å². The minimum atomic E-state index is -4.71. The SMILES string of the molecule is Nc1cc(Br)c(OC(F)(F)F)c(CBr)c1. The van der Waals surface area contributed by atoms with Crippen LogP contribution in [0, 0.1) is 0 Å². The summed E-state index contributed by atoms with van der Waals surface area (Å²) in [5, 5.41) is 0.224. The van der Waals surface area contributed by atoms with Gasteiger partial charge in [-0.05, 0) is 28.1 Å². The van der Waals surface area contributed by atoms with E-state index < -0.39 is 6.36 Å². The normalized spacial score (nSPS) is 11.5. The van der Waals surface area contributed by atoms with E-state index in [1.165, 1.54) is 12.1 Å². The van der Waals surface area contributed by atoms with Crippen molar-refractivity contribution in [3.63, 3.8) is 0 Å². The van der Waals surface area contributed by atoms with Crippen molar-refractivity contribution in [3.8, 4) is 5.75 Å². The van der Waals surface area contributed by atoms with E-state index >= 15 is 0 Å². The van der Waals surface area contributed by atoms with Gasteiger partial charge in [0.25, 0.3) is 0 Å². The highest BCUT2D eigenvalue weighted by molar-refractivity contribution is 9.10. The first kappa shape index (κ1) is 12.6. The molecule has 0 bridgehead atoms. The summed E-state index contributed by atoms with van der Waals surface area (Å²) < 4.78 is 40.2. The van der Waals surface area contributed by atoms with Crippen LogP contribution in [0.3, 0.4) is 0 Å². The Hall–Kier alpha value is -0.430. The molecule has 0 saturated carbocycles. The highest BCUT2D eigenvalue weighted by Crippen LogP contribution is 2.36. The standard InChI is InChI=1S/C8H6Br2F3NO/c9-3-4-1-5(14)2-6(10)7(4)15-8(11,12)13/h1-2H,3,14H2. The minimum Gasteiger partial charge on any atom is -0.404 e. The maximum atomic E-state index is 12.0. The van der Waals surface area contributed by atoms with Crippen LogP contribution in [0.4, 0.5) is 18.9 Å². The van der Waals surface area contributed by atoms with Crippen molar-refractivity contribution in [1.29, 1.82) is 0 Å². The Morgan fingerprint density at radius 1 is 1.33 bits per heavy atom. The van der Waals surface area contributed by atoms with Gasteiger partial charge in [-0.15, -0.1) is 13.2 Å². The molecule has 0 amide bonds. The van der Waals surface area contributed by atoms with Crippen molar-refractivity contribution >= 4 is 37.5 Å². The first-order valence-electron chi connectivity index (χ1n) is 3.73. The van der Waals surface area contributed by atoms with E-state index in [-0.39, 0.29) is 15.6 Å². The molecule has 0 spiro atoms. The quantitative estimate of drug-likeness (QED) is 0.651. The highest BCUT2D eigenvalue weighted by Gasteiger charge is 2.33. The van der Waals surface area contributed by atoms with Gasteiger partial charge in [-0.2, -0.15) is 0 Å². The molecule has 0 aliphatic rings. The van der Waals surface area contributed by atoms with E-state index in [9.17, 15) is 13.2 Å². The van der Waals surface area contributed by atoms with E-state index in [0.29, 0.717) is 11.3 Å². The Balaban J connectivity index is 3.15. The molecule has 0 radical (unpaired) electrons. The van der Waals surface area contributed by atoms with Crippen molar-refractivity contribution in [2.75, 3.05) is 5.73 Å².